The van der Waals surface area contributed by atoms with E-state index in [1.165, 1.54) is 11.1 Å². The molecule has 0 fully saturated rings. The SMILES string of the molecule is CCC(/C=C\N)=C1\C=CC=CC1CC. The zero-order chi connectivity index (χ0) is 10.4. The zero-order valence-electron chi connectivity index (χ0n) is 9.03. The molecule has 0 spiro atoms. The van der Waals surface area contributed by atoms with Gasteiger partial charge in [-0.2, -0.15) is 0 Å². The first-order valence-electron chi connectivity index (χ1n) is 5.29. The molecule has 1 heteroatoms. The lowest BCUT2D eigenvalue weighted by atomic mass is 9.87. The Labute approximate surface area is 86.7 Å². The molecule has 1 aliphatic rings. The number of rotatable bonds is 3. The molecule has 0 saturated heterocycles. The van der Waals surface area contributed by atoms with Crippen LogP contribution in [-0.2, 0) is 0 Å². The molecule has 0 aliphatic heterocycles. The highest BCUT2D eigenvalue weighted by molar-refractivity contribution is 5.40. The van der Waals surface area contributed by atoms with E-state index in [2.05, 4.69) is 38.2 Å². The maximum Gasteiger partial charge on any atom is 0.00212 e. The molecule has 1 atom stereocenters. The summed E-state index contributed by atoms with van der Waals surface area (Å²) in [6, 6.07) is 0. The van der Waals surface area contributed by atoms with Gasteiger partial charge >= 0.3 is 0 Å². The van der Waals surface area contributed by atoms with Crippen molar-refractivity contribution < 1.29 is 0 Å². The third-order valence-electron chi connectivity index (χ3n) is 2.62. The molecule has 1 rings (SSSR count). The van der Waals surface area contributed by atoms with Gasteiger partial charge in [0, 0.05) is 5.92 Å². The molecule has 14 heavy (non-hydrogen) atoms. The summed E-state index contributed by atoms with van der Waals surface area (Å²) < 4.78 is 0. The topological polar surface area (TPSA) is 26.0 Å². The Balaban J connectivity index is 3.01. The molecule has 1 aliphatic carbocycles. The van der Waals surface area contributed by atoms with Gasteiger partial charge in [-0.05, 0) is 36.3 Å². The molecule has 0 radical (unpaired) electrons. The fourth-order valence-electron chi connectivity index (χ4n) is 1.82. The van der Waals surface area contributed by atoms with Crippen LogP contribution < -0.4 is 5.73 Å². The van der Waals surface area contributed by atoms with Crippen molar-refractivity contribution >= 4 is 0 Å². The molecule has 76 valence electrons. The summed E-state index contributed by atoms with van der Waals surface area (Å²) in [7, 11) is 0. The Morgan fingerprint density at radius 3 is 2.79 bits per heavy atom. The van der Waals surface area contributed by atoms with Crippen LogP contribution in [0, 0.1) is 5.92 Å². The second-order valence-electron chi connectivity index (χ2n) is 3.45. The minimum Gasteiger partial charge on any atom is -0.405 e. The first kappa shape index (κ1) is 10.8. The van der Waals surface area contributed by atoms with E-state index >= 15 is 0 Å². The van der Waals surface area contributed by atoms with E-state index in [4.69, 9.17) is 5.73 Å². The Hall–Kier alpha value is -1.24. The highest BCUT2D eigenvalue weighted by Gasteiger charge is 2.11. The lowest BCUT2D eigenvalue weighted by molar-refractivity contribution is 0.729. The molecule has 2 N–H and O–H groups in total. The average molecular weight is 189 g/mol. The molecule has 0 aromatic heterocycles. The Morgan fingerprint density at radius 1 is 1.43 bits per heavy atom. The van der Waals surface area contributed by atoms with Crippen molar-refractivity contribution in [2.75, 3.05) is 0 Å². The monoisotopic (exact) mass is 189 g/mol. The summed E-state index contributed by atoms with van der Waals surface area (Å²) in [6.07, 6.45) is 14.5. The number of allylic oxidation sites excluding steroid dienone is 7. The molecule has 0 aromatic rings. The van der Waals surface area contributed by atoms with Crippen molar-refractivity contribution in [2.45, 2.75) is 26.7 Å². The summed E-state index contributed by atoms with van der Waals surface area (Å²) in [5.41, 5.74) is 8.20. The van der Waals surface area contributed by atoms with Gasteiger partial charge < -0.3 is 5.73 Å². The summed E-state index contributed by atoms with van der Waals surface area (Å²) in [6.45, 7) is 4.38. The molecule has 0 bridgehead atoms. The first-order valence-corrected chi connectivity index (χ1v) is 5.29. The number of hydrogen-bond acceptors (Lipinski definition) is 1. The fraction of sp³-hybridized carbons (Fsp3) is 0.385. The lowest BCUT2D eigenvalue weighted by Gasteiger charge is -2.17. The van der Waals surface area contributed by atoms with Gasteiger partial charge in [0.05, 0.1) is 0 Å². The van der Waals surface area contributed by atoms with Crippen molar-refractivity contribution in [1.82, 2.24) is 0 Å². The average Bonchev–Trinajstić information content (AvgIpc) is 2.26. The minimum absolute atomic E-state index is 0.561. The summed E-state index contributed by atoms with van der Waals surface area (Å²) in [4.78, 5) is 0. The normalized spacial score (nSPS) is 24.6. The van der Waals surface area contributed by atoms with Crippen molar-refractivity contribution in [3.63, 3.8) is 0 Å². The van der Waals surface area contributed by atoms with Gasteiger partial charge in [-0.3, -0.25) is 0 Å². The van der Waals surface area contributed by atoms with E-state index in [0.29, 0.717) is 5.92 Å². The van der Waals surface area contributed by atoms with E-state index in [1.54, 1.807) is 6.20 Å². The van der Waals surface area contributed by atoms with E-state index in [9.17, 15) is 0 Å². The third-order valence-corrected chi connectivity index (χ3v) is 2.62. The summed E-state index contributed by atoms with van der Waals surface area (Å²) in [5, 5.41) is 0. The van der Waals surface area contributed by atoms with Crippen LogP contribution in [0.3, 0.4) is 0 Å². The fourth-order valence-corrected chi connectivity index (χ4v) is 1.82. The van der Waals surface area contributed by atoms with Crippen LogP contribution in [0.5, 0.6) is 0 Å². The Morgan fingerprint density at radius 2 is 2.21 bits per heavy atom. The smallest absolute Gasteiger partial charge is 0.00212 e. The van der Waals surface area contributed by atoms with E-state index < -0.39 is 0 Å². The highest BCUT2D eigenvalue weighted by Crippen LogP contribution is 2.26. The van der Waals surface area contributed by atoms with Gasteiger partial charge in [-0.1, -0.05) is 38.2 Å². The summed E-state index contributed by atoms with van der Waals surface area (Å²) >= 11 is 0. The number of nitrogens with two attached hydrogens (primary N) is 1. The van der Waals surface area contributed by atoms with Crippen LogP contribution >= 0.6 is 0 Å². The maximum atomic E-state index is 5.44. The zero-order valence-corrected chi connectivity index (χ0v) is 9.03. The van der Waals surface area contributed by atoms with Gasteiger partial charge in [-0.15, -0.1) is 0 Å². The van der Waals surface area contributed by atoms with Crippen LogP contribution in [0.25, 0.3) is 0 Å². The molecule has 0 heterocycles. The quantitative estimate of drug-likeness (QED) is 0.724. The Bertz CT molecular complexity index is 292. The molecular weight excluding hydrogens is 170 g/mol. The van der Waals surface area contributed by atoms with Gasteiger partial charge in [0.15, 0.2) is 0 Å². The highest BCUT2D eigenvalue weighted by atomic mass is 14.5. The van der Waals surface area contributed by atoms with Crippen molar-refractivity contribution in [2.24, 2.45) is 11.7 Å². The molecular formula is C13H19N. The van der Waals surface area contributed by atoms with E-state index in [-0.39, 0.29) is 0 Å². The first-order chi connectivity index (χ1) is 6.83. The predicted octanol–water partition coefficient (Wildman–Crippen LogP) is 3.32. The van der Waals surface area contributed by atoms with Crippen LogP contribution in [0.4, 0.5) is 0 Å². The van der Waals surface area contributed by atoms with Gasteiger partial charge in [-0.25, -0.2) is 0 Å². The van der Waals surface area contributed by atoms with Crippen LogP contribution in [-0.4, -0.2) is 0 Å². The second kappa shape index (κ2) is 5.48. The van der Waals surface area contributed by atoms with E-state index in [1.807, 2.05) is 6.08 Å². The van der Waals surface area contributed by atoms with Gasteiger partial charge in [0.2, 0.25) is 0 Å². The molecule has 1 nitrogen and oxygen atoms in total. The van der Waals surface area contributed by atoms with Gasteiger partial charge in [0.1, 0.15) is 0 Å². The van der Waals surface area contributed by atoms with Gasteiger partial charge in [0.25, 0.3) is 0 Å². The lowest BCUT2D eigenvalue weighted by Crippen LogP contribution is -2.03. The molecule has 0 saturated carbocycles. The maximum absolute atomic E-state index is 5.44. The minimum atomic E-state index is 0.561. The Kier molecular flexibility index (Phi) is 4.24. The van der Waals surface area contributed by atoms with Crippen LogP contribution in [0.15, 0.2) is 47.7 Å². The van der Waals surface area contributed by atoms with Crippen molar-refractivity contribution in [3.05, 3.63) is 47.7 Å². The molecule has 0 amide bonds. The van der Waals surface area contributed by atoms with Crippen LogP contribution in [0.1, 0.15) is 26.7 Å². The summed E-state index contributed by atoms with van der Waals surface area (Å²) in [5.74, 6) is 0.561. The largest absolute Gasteiger partial charge is 0.405 e. The van der Waals surface area contributed by atoms with Crippen molar-refractivity contribution in [1.29, 1.82) is 0 Å². The second-order valence-corrected chi connectivity index (χ2v) is 3.45. The van der Waals surface area contributed by atoms with Crippen LogP contribution in [0.2, 0.25) is 0 Å². The molecule has 1 unspecified atom stereocenters. The predicted molar refractivity (Wildman–Crippen MR) is 62.7 cm³/mol. The van der Waals surface area contributed by atoms with E-state index in [0.717, 1.165) is 12.8 Å². The van der Waals surface area contributed by atoms with Crippen molar-refractivity contribution in [3.8, 4) is 0 Å². The standard InChI is InChI=1S/C13H19N/c1-3-11-7-5-6-8-13(11)12(4-2)9-10-14/h5-11H,3-4,14H2,1-2H3/b10-9-,13-12-. The molecule has 0 aromatic carbocycles. The number of hydrogen-bond donors (Lipinski definition) is 1. The third kappa shape index (κ3) is 2.38.